The second-order valence-corrected chi connectivity index (χ2v) is 4.77. The van der Waals surface area contributed by atoms with Crippen molar-refractivity contribution in [3.63, 3.8) is 0 Å². The van der Waals surface area contributed by atoms with E-state index in [0.29, 0.717) is 6.42 Å². The molecule has 0 spiro atoms. The Labute approximate surface area is 113 Å². The summed E-state index contributed by atoms with van der Waals surface area (Å²) in [5.41, 5.74) is 0.965. The lowest BCUT2D eigenvalue weighted by Gasteiger charge is -2.34. The van der Waals surface area contributed by atoms with E-state index in [4.69, 9.17) is 9.47 Å². The predicted octanol–water partition coefficient (Wildman–Crippen LogP) is 2.22. The van der Waals surface area contributed by atoms with Crippen LogP contribution in [0.4, 0.5) is 0 Å². The van der Waals surface area contributed by atoms with E-state index >= 15 is 0 Å². The number of benzene rings is 1. The Kier molecular flexibility index (Phi) is 5.51. The standard InChI is InChI=1S/C15H20O4/c16-10-6-2-5-9-14-13(17)11-18-15(19-14)12-7-3-1-4-8-12/h1,3-4,7-8,10,13-15,17H,2,5-6,9,11H2/t13-,14+,15-/m1/s1. The van der Waals surface area contributed by atoms with Gasteiger partial charge in [-0.25, -0.2) is 0 Å². The van der Waals surface area contributed by atoms with Crippen molar-refractivity contribution < 1.29 is 19.4 Å². The van der Waals surface area contributed by atoms with E-state index in [1.807, 2.05) is 30.3 Å². The van der Waals surface area contributed by atoms with Crippen LogP contribution in [-0.2, 0) is 14.3 Å². The molecule has 4 nitrogen and oxygen atoms in total. The monoisotopic (exact) mass is 264 g/mol. The molecular formula is C15H20O4. The van der Waals surface area contributed by atoms with Crippen LogP contribution in [0.3, 0.4) is 0 Å². The first kappa shape index (κ1) is 14.2. The molecule has 0 radical (unpaired) electrons. The molecule has 4 heteroatoms. The predicted molar refractivity (Wildman–Crippen MR) is 70.5 cm³/mol. The lowest BCUT2D eigenvalue weighted by atomic mass is 10.0. The zero-order chi connectivity index (χ0) is 13.5. The number of unbranched alkanes of at least 4 members (excludes halogenated alkanes) is 2. The zero-order valence-corrected chi connectivity index (χ0v) is 10.9. The summed E-state index contributed by atoms with van der Waals surface area (Å²) in [5, 5.41) is 9.87. The topological polar surface area (TPSA) is 55.8 Å². The van der Waals surface area contributed by atoms with E-state index in [9.17, 15) is 9.90 Å². The molecule has 2 rings (SSSR count). The second-order valence-electron chi connectivity index (χ2n) is 4.77. The van der Waals surface area contributed by atoms with Crippen LogP contribution in [0.2, 0.25) is 0 Å². The lowest BCUT2D eigenvalue weighted by molar-refractivity contribution is -0.258. The highest BCUT2D eigenvalue weighted by molar-refractivity contribution is 5.48. The molecule has 0 amide bonds. The summed E-state index contributed by atoms with van der Waals surface area (Å²) in [5.74, 6) is 0. The number of carbonyl (C=O) groups excluding carboxylic acids is 1. The lowest BCUT2D eigenvalue weighted by Crippen LogP contribution is -2.40. The van der Waals surface area contributed by atoms with Crippen LogP contribution in [0.15, 0.2) is 30.3 Å². The van der Waals surface area contributed by atoms with E-state index in [1.165, 1.54) is 0 Å². The summed E-state index contributed by atoms with van der Waals surface area (Å²) in [7, 11) is 0. The fraction of sp³-hybridized carbons (Fsp3) is 0.533. The van der Waals surface area contributed by atoms with Gasteiger partial charge in [-0.2, -0.15) is 0 Å². The number of carbonyl (C=O) groups is 1. The van der Waals surface area contributed by atoms with Gasteiger partial charge in [0.1, 0.15) is 12.4 Å². The van der Waals surface area contributed by atoms with Crippen LogP contribution >= 0.6 is 0 Å². The number of rotatable bonds is 6. The minimum Gasteiger partial charge on any atom is -0.388 e. The van der Waals surface area contributed by atoms with Gasteiger partial charge in [0, 0.05) is 12.0 Å². The van der Waals surface area contributed by atoms with Crippen molar-refractivity contribution in [3.05, 3.63) is 35.9 Å². The highest BCUT2D eigenvalue weighted by Gasteiger charge is 2.30. The highest BCUT2D eigenvalue weighted by Crippen LogP contribution is 2.28. The molecule has 1 fully saturated rings. The van der Waals surface area contributed by atoms with Crippen molar-refractivity contribution in [3.8, 4) is 0 Å². The quantitative estimate of drug-likeness (QED) is 0.632. The number of aliphatic hydroxyl groups is 1. The molecule has 1 N–H and O–H groups in total. The number of aliphatic hydroxyl groups excluding tert-OH is 1. The Balaban J connectivity index is 1.87. The summed E-state index contributed by atoms with van der Waals surface area (Å²) in [6.07, 6.45) is 2.76. The molecule has 1 saturated heterocycles. The van der Waals surface area contributed by atoms with Crippen LogP contribution in [0.5, 0.6) is 0 Å². The van der Waals surface area contributed by atoms with Gasteiger partial charge in [-0.3, -0.25) is 0 Å². The molecule has 0 aromatic heterocycles. The molecule has 3 atom stereocenters. The van der Waals surface area contributed by atoms with Crippen molar-refractivity contribution >= 4 is 6.29 Å². The summed E-state index contributed by atoms with van der Waals surface area (Å²) in [6.45, 7) is 0.290. The van der Waals surface area contributed by atoms with Gasteiger partial charge in [-0.05, 0) is 12.8 Å². The molecule has 19 heavy (non-hydrogen) atoms. The average molecular weight is 264 g/mol. The molecule has 1 aromatic carbocycles. The van der Waals surface area contributed by atoms with E-state index in [2.05, 4.69) is 0 Å². The number of aldehydes is 1. The molecule has 1 aliphatic rings. The van der Waals surface area contributed by atoms with Crippen LogP contribution in [0, 0.1) is 0 Å². The fourth-order valence-corrected chi connectivity index (χ4v) is 2.20. The maximum absolute atomic E-state index is 10.3. The van der Waals surface area contributed by atoms with E-state index in [1.54, 1.807) is 0 Å². The smallest absolute Gasteiger partial charge is 0.184 e. The third kappa shape index (κ3) is 4.13. The van der Waals surface area contributed by atoms with Gasteiger partial charge in [0.2, 0.25) is 0 Å². The van der Waals surface area contributed by atoms with E-state index < -0.39 is 12.4 Å². The maximum atomic E-state index is 10.3. The van der Waals surface area contributed by atoms with Crippen LogP contribution < -0.4 is 0 Å². The van der Waals surface area contributed by atoms with Crippen LogP contribution in [-0.4, -0.2) is 30.2 Å². The Bertz CT molecular complexity index is 379. The van der Waals surface area contributed by atoms with Gasteiger partial charge in [0.15, 0.2) is 6.29 Å². The van der Waals surface area contributed by atoms with Crippen molar-refractivity contribution in [1.29, 1.82) is 0 Å². The average Bonchev–Trinajstić information content (AvgIpc) is 2.46. The van der Waals surface area contributed by atoms with Gasteiger partial charge >= 0.3 is 0 Å². The number of ether oxygens (including phenoxy) is 2. The van der Waals surface area contributed by atoms with Crippen molar-refractivity contribution in [1.82, 2.24) is 0 Å². The van der Waals surface area contributed by atoms with Crippen molar-refractivity contribution in [2.45, 2.75) is 44.2 Å². The molecular weight excluding hydrogens is 244 g/mol. The first-order valence-electron chi connectivity index (χ1n) is 6.75. The number of hydrogen-bond acceptors (Lipinski definition) is 4. The Morgan fingerprint density at radius 3 is 2.79 bits per heavy atom. The second kappa shape index (κ2) is 7.38. The van der Waals surface area contributed by atoms with Gasteiger partial charge in [0.25, 0.3) is 0 Å². The molecule has 0 saturated carbocycles. The van der Waals surface area contributed by atoms with Crippen LogP contribution in [0.1, 0.15) is 37.5 Å². The normalized spacial score (nSPS) is 27.1. The van der Waals surface area contributed by atoms with Gasteiger partial charge in [0.05, 0.1) is 12.7 Å². The van der Waals surface area contributed by atoms with Crippen molar-refractivity contribution in [2.24, 2.45) is 0 Å². The first-order chi connectivity index (χ1) is 9.31. The molecule has 0 bridgehead atoms. The summed E-state index contributed by atoms with van der Waals surface area (Å²) in [6, 6.07) is 9.72. The minimum atomic E-state index is -0.587. The fourth-order valence-electron chi connectivity index (χ4n) is 2.20. The SMILES string of the molecule is O=CCCCC[C@@H]1O[C@H](c2ccccc2)OC[C@H]1O. The number of hydrogen-bond donors (Lipinski definition) is 1. The highest BCUT2D eigenvalue weighted by atomic mass is 16.7. The van der Waals surface area contributed by atoms with Gasteiger partial charge in [-0.15, -0.1) is 0 Å². The third-order valence-corrected chi connectivity index (χ3v) is 3.28. The Morgan fingerprint density at radius 1 is 1.26 bits per heavy atom. The molecule has 1 aromatic rings. The van der Waals surface area contributed by atoms with E-state index in [-0.39, 0.29) is 12.7 Å². The zero-order valence-electron chi connectivity index (χ0n) is 10.9. The Hall–Kier alpha value is -1.23. The summed E-state index contributed by atoms with van der Waals surface area (Å²) in [4.78, 5) is 10.3. The molecule has 104 valence electrons. The molecule has 1 aliphatic heterocycles. The third-order valence-electron chi connectivity index (χ3n) is 3.28. The van der Waals surface area contributed by atoms with E-state index in [0.717, 1.165) is 31.1 Å². The van der Waals surface area contributed by atoms with Crippen LogP contribution in [0.25, 0.3) is 0 Å². The molecule has 1 heterocycles. The van der Waals surface area contributed by atoms with Crippen molar-refractivity contribution in [2.75, 3.05) is 6.61 Å². The minimum absolute atomic E-state index is 0.217. The van der Waals surface area contributed by atoms with Gasteiger partial charge in [-0.1, -0.05) is 36.8 Å². The largest absolute Gasteiger partial charge is 0.388 e. The summed E-state index contributed by atoms with van der Waals surface area (Å²) < 4.78 is 11.3. The molecule has 0 aliphatic carbocycles. The molecule has 0 unspecified atom stereocenters. The summed E-state index contributed by atoms with van der Waals surface area (Å²) >= 11 is 0. The van der Waals surface area contributed by atoms with Gasteiger partial charge < -0.3 is 19.4 Å². The first-order valence-corrected chi connectivity index (χ1v) is 6.75. The maximum Gasteiger partial charge on any atom is 0.184 e. The Morgan fingerprint density at radius 2 is 2.05 bits per heavy atom.